The monoisotopic (exact) mass is 444 g/mol. The summed E-state index contributed by atoms with van der Waals surface area (Å²) in [5, 5.41) is 0. The zero-order chi connectivity index (χ0) is 22.4. The molecule has 8 heteroatoms. The molecule has 0 aromatic heterocycles. The summed E-state index contributed by atoms with van der Waals surface area (Å²) in [4.78, 5) is 24.8. The number of ether oxygens (including phenoxy) is 3. The van der Waals surface area contributed by atoms with Gasteiger partial charge in [-0.25, -0.2) is 13.4 Å². The molecule has 1 aliphatic heterocycles. The Morgan fingerprint density at radius 2 is 1.87 bits per heavy atom. The lowest BCUT2D eigenvalue weighted by Gasteiger charge is -2.25. The lowest BCUT2D eigenvalue weighted by molar-refractivity contribution is -0.143. The number of carbonyl (C=O) groups is 2. The third-order valence-corrected chi connectivity index (χ3v) is 5.44. The zero-order valence-corrected chi connectivity index (χ0v) is 19.1. The summed E-state index contributed by atoms with van der Waals surface area (Å²) >= 11 is 1.10. The van der Waals surface area contributed by atoms with Gasteiger partial charge in [0.15, 0.2) is 11.5 Å². The van der Waals surface area contributed by atoms with Gasteiger partial charge in [-0.05, 0) is 32.4 Å². The van der Waals surface area contributed by atoms with Crippen molar-refractivity contribution in [2.24, 2.45) is 0 Å². The van der Waals surface area contributed by atoms with Gasteiger partial charge in [0.05, 0.1) is 6.61 Å². The molecule has 1 heterocycles. The molecule has 0 saturated heterocycles. The summed E-state index contributed by atoms with van der Waals surface area (Å²) in [6.07, 6.45) is 0.191. The van der Waals surface area contributed by atoms with Gasteiger partial charge in [0, 0.05) is 37.7 Å². The second kappa shape index (κ2) is 10.1. The quantitative estimate of drug-likeness (QED) is 0.440. The molecule has 0 N–H and O–H groups in total. The van der Waals surface area contributed by atoms with Crippen LogP contribution in [0.25, 0.3) is 0 Å². The van der Waals surface area contributed by atoms with Crippen LogP contribution in [0.2, 0.25) is 0 Å². The van der Waals surface area contributed by atoms with E-state index >= 15 is 0 Å². The van der Waals surface area contributed by atoms with E-state index in [0.717, 1.165) is 29.7 Å². The molecule has 0 radical (unpaired) electrons. The summed E-state index contributed by atoms with van der Waals surface area (Å²) in [7, 11) is 1.60. The first-order valence-electron chi connectivity index (χ1n) is 10.2. The van der Waals surface area contributed by atoms with Crippen molar-refractivity contribution >= 4 is 24.2 Å². The fourth-order valence-electron chi connectivity index (χ4n) is 3.28. The fourth-order valence-corrected chi connectivity index (χ4v) is 4.10. The molecule has 0 atom stereocenters. The molecule has 7 nitrogen and oxygen atoms in total. The van der Waals surface area contributed by atoms with Crippen LogP contribution in [0.15, 0.2) is 48.5 Å². The number of benzene rings is 2. The average molecular weight is 445 g/mol. The summed E-state index contributed by atoms with van der Waals surface area (Å²) < 4.78 is 19.8. The second-order valence-corrected chi connectivity index (χ2v) is 9.05. The molecule has 0 aliphatic carbocycles. The van der Waals surface area contributed by atoms with E-state index in [-0.39, 0.29) is 18.1 Å². The van der Waals surface area contributed by atoms with Gasteiger partial charge in [-0.3, -0.25) is 4.79 Å². The largest absolute Gasteiger partial charge is 0.483 e. The summed E-state index contributed by atoms with van der Waals surface area (Å²) in [5.41, 5.74) is 1.69. The van der Waals surface area contributed by atoms with E-state index < -0.39 is 6.09 Å². The summed E-state index contributed by atoms with van der Waals surface area (Å²) in [6, 6.07) is 15.2. The van der Waals surface area contributed by atoms with E-state index in [9.17, 15) is 9.59 Å². The van der Waals surface area contributed by atoms with Gasteiger partial charge in [-0.1, -0.05) is 42.5 Å². The third-order valence-electron chi connectivity index (χ3n) is 4.56. The van der Waals surface area contributed by atoms with Crippen LogP contribution in [0, 0.1) is 0 Å². The molecule has 3 rings (SSSR count). The van der Waals surface area contributed by atoms with Crippen molar-refractivity contribution in [2.45, 2.75) is 39.3 Å². The van der Waals surface area contributed by atoms with Crippen molar-refractivity contribution in [2.75, 3.05) is 20.2 Å². The van der Waals surface area contributed by atoms with Crippen molar-refractivity contribution < 1.29 is 23.8 Å². The number of esters is 1. The molecule has 0 unspecified atom stereocenters. The van der Waals surface area contributed by atoms with Gasteiger partial charge in [0.2, 0.25) is 0 Å². The van der Waals surface area contributed by atoms with E-state index in [0.29, 0.717) is 24.7 Å². The number of hydrogen-bond acceptors (Lipinski definition) is 7. The van der Waals surface area contributed by atoms with E-state index in [2.05, 4.69) is 0 Å². The molecule has 1 amide bonds. The van der Waals surface area contributed by atoms with E-state index in [1.807, 2.05) is 56.3 Å². The van der Waals surface area contributed by atoms with Crippen LogP contribution < -0.4 is 9.47 Å². The van der Waals surface area contributed by atoms with Crippen LogP contribution >= 0.6 is 12.1 Å². The first-order chi connectivity index (χ1) is 14.8. The lowest BCUT2D eigenvalue weighted by Crippen LogP contribution is -2.32. The molecular weight excluding hydrogens is 416 g/mol. The van der Waals surface area contributed by atoms with Gasteiger partial charge in [-0.2, -0.15) is 0 Å². The SMILES string of the molecule is CCOC(=O)CN(Cc1ccccc1)SN(C)C(=O)Oc1cccc2c1OC(C)(C)C2. The van der Waals surface area contributed by atoms with Gasteiger partial charge >= 0.3 is 12.1 Å². The topological polar surface area (TPSA) is 68.3 Å². The maximum atomic E-state index is 12.8. The van der Waals surface area contributed by atoms with Crippen molar-refractivity contribution in [3.8, 4) is 11.5 Å². The van der Waals surface area contributed by atoms with Crippen LogP contribution in [0.3, 0.4) is 0 Å². The molecule has 166 valence electrons. The highest BCUT2D eigenvalue weighted by atomic mass is 32.2. The van der Waals surface area contributed by atoms with Gasteiger partial charge in [0.1, 0.15) is 12.1 Å². The smallest absolute Gasteiger partial charge is 0.426 e. The van der Waals surface area contributed by atoms with Crippen molar-refractivity contribution in [1.82, 2.24) is 8.61 Å². The first-order valence-corrected chi connectivity index (χ1v) is 10.9. The minimum Gasteiger partial charge on any atom is -0.483 e. The Morgan fingerprint density at radius 1 is 1.13 bits per heavy atom. The zero-order valence-electron chi connectivity index (χ0n) is 18.3. The third kappa shape index (κ3) is 6.38. The van der Waals surface area contributed by atoms with Gasteiger partial charge < -0.3 is 14.2 Å². The Labute approximate surface area is 187 Å². The van der Waals surface area contributed by atoms with Crippen LogP contribution in [-0.4, -0.2) is 46.5 Å². The second-order valence-electron chi connectivity index (χ2n) is 7.82. The van der Waals surface area contributed by atoms with Crippen molar-refractivity contribution in [3.05, 3.63) is 59.7 Å². The molecule has 0 spiro atoms. The lowest BCUT2D eigenvalue weighted by atomic mass is 10.0. The number of fused-ring (bicyclic) bond motifs is 1. The Bertz CT molecular complexity index is 919. The highest BCUT2D eigenvalue weighted by molar-refractivity contribution is 7.95. The Hall–Kier alpha value is -2.71. The molecular formula is C23H28N2O5S. The van der Waals surface area contributed by atoms with E-state index in [1.54, 1.807) is 24.3 Å². The van der Waals surface area contributed by atoms with Crippen molar-refractivity contribution in [3.63, 3.8) is 0 Å². The Balaban J connectivity index is 1.67. The molecule has 2 aromatic carbocycles. The Morgan fingerprint density at radius 3 is 2.58 bits per heavy atom. The number of amides is 1. The molecule has 0 saturated carbocycles. The number of hydrogen-bond donors (Lipinski definition) is 0. The highest BCUT2D eigenvalue weighted by Gasteiger charge is 2.33. The minimum absolute atomic E-state index is 0.0308. The first kappa shape index (κ1) is 23.0. The maximum absolute atomic E-state index is 12.8. The van der Waals surface area contributed by atoms with E-state index in [1.165, 1.54) is 4.31 Å². The maximum Gasteiger partial charge on any atom is 0.426 e. The normalized spacial score (nSPS) is 14.0. The molecule has 2 aromatic rings. The summed E-state index contributed by atoms with van der Waals surface area (Å²) in [6.45, 7) is 6.55. The van der Waals surface area contributed by atoms with E-state index in [4.69, 9.17) is 14.2 Å². The van der Waals surface area contributed by atoms with Gasteiger partial charge in [-0.15, -0.1) is 0 Å². The molecule has 0 bridgehead atoms. The van der Waals surface area contributed by atoms with Crippen molar-refractivity contribution in [1.29, 1.82) is 0 Å². The number of nitrogens with zero attached hydrogens (tertiary/aromatic N) is 2. The standard InChI is InChI=1S/C23H28N2O5S/c1-5-28-20(26)16-25(15-17-10-7-6-8-11-17)31-24(4)22(27)29-19-13-9-12-18-14-23(2,3)30-21(18)19/h6-13H,5,14-16H2,1-4H3. The minimum atomic E-state index is -0.561. The predicted molar refractivity (Wildman–Crippen MR) is 120 cm³/mol. The predicted octanol–water partition coefficient (Wildman–Crippen LogP) is 4.46. The number of para-hydroxylation sites is 1. The highest BCUT2D eigenvalue weighted by Crippen LogP contribution is 2.42. The molecule has 1 aliphatic rings. The van der Waals surface area contributed by atoms with Gasteiger partial charge in [0.25, 0.3) is 0 Å². The summed E-state index contributed by atoms with van der Waals surface area (Å²) in [5.74, 6) is 0.636. The van der Waals surface area contributed by atoms with Crippen LogP contribution in [0.1, 0.15) is 31.9 Å². The molecule has 0 fully saturated rings. The number of carbonyl (C=O) groups excluding carboxylic acids is 2. The van der Waals surface area contributed by atoms with Crippen LogP contribution in [0.4, 0.5) is 4.79 Å². The van der Waals surface area contributed by atoms with Crippen LogP contribution in [-0.2, 0) is 22.5 Å². The fraction of sp³-hybridized carbons (Fsp3) is 0.391. The Kier molecular flexibility index (Phi) is 7.46. The van der Waals surface area contributed by atoms with Crippen LogP contribution in [0.5, 0.6) is 11.5 Å². The average Bonchev–Trinajstić information content (AvgIpc) is 3.03. The molecule has 31 heavy (non-hydrogen) atoms. The number of rotatable bonds is 8.